The van der Waals surface area contributed by atoms with Crippen LogP contribution in [0.15, 0.2) is 53.1 Å². The number of amides is 1. The summed E-state index contributed by atoms with van der Waals surface area (Å²) in [7, 11) is 0. The molecule has 0 radical (unpaired) electrons. The highest BCUT2D eigenvalue weighted by Crippen LogP contribution is 2.28. The van der Waals surface area contributed by atoms with E-state index in [0.717, 1.165) is 53.8 Å². The van der Waals surface area contributed by atoms with Crippen LogP contribution in [0.4, 0.5) is 0 Å². The molecule has 5 rings (SSSR count). The molecular weight excluding hydrogens is 368 g/mol. The average molecular weight is 390 g/mol. The molecule has 4 aromatic rings. The lowest BCUT2D eigenvalue weighted by Crippen LogP contribution is -2.38. The Morgan fingerprint density at radius 1 is 1.24 bits per heavy atom. The highest BCUT2D eigenvalue weighted by Gasteiger charge is 2.17. The van der Waals surface area contributed by atoms with Crippen LogP contribution < -0.4 is 10.1 Å². The first kappa shape index (κ1) is 17.7. The average Bonchev–Trinajstić information content (AvgIpc) is 3.34. The fraction of sp³-hybridized carbons (Fsp3) is 0.318. The Kier molecular flexibility index (Phi) is 4.63. The van der Waals surface area contributed by atoms with Crippen LogP contribution in [-0.4, -0.2) is 33.2 Å². The van der Waals surface area contributed by atoms with Gasteiger partial charge in [0, 0.05) is 23.9 Å². The second kappa shape index (κ2) is 7.58. The van der Waals surface area contributed by atoms with Gasteiger partial charge in [-0.15, -0.1) is 5.10 Å². The molecule has 1 unspecified atom stereocenters. The van der Waals surface area contributed by atoms with E-state index in [9.17, 15) is 4.79 Å². The van der Waals surface area contributed by atoms with Gasteiger partial charge in [0.25, 0.3) is 0 Å². The number of nitrogens with zero attached hydrogens (tertiary/aromatic N) is 3. The molecule has 4 heterocycles. The number of fused-ring (bicyclic) bond motifs is 2. The van der Waals surface area contributed by atoms with Crippen LogP contribution in [0.25, 0.3) is 28.1 Å². The molecule has 1 atom stereocenters. The highest BCUT2D eigenvalue weighted by molar-refractivity contribution is 5.82. The van der Waals surface area contributed by atoms with Crippen LogP contribution in [0.3, 0.4) is 0 Å². The quantitative estimate of drug-likeness (QED) is 0.504. The number of furan rings is 1. The number of hydrogen-bond acceptors (Lipinski definition) is 5. The van der Waals surface area contributed by atoms with E-state index in [0.29, 0.717) is 18.9 Å². The van der Waals surface area contributed by atoms with Crippen molar-refractivity contribution in [3.05, 3.63) is 48.7 Å². The Morgan fingerprint density at radius 2 is 2.17 bits per heavy atom. The maximum Gasteiger partial charge on any atom is 0.231 e. The molecule has 0 bridgehead atoms. The van der Waals surface area contributed by atoms with E-state index in [1.807, 2.05) is 42.5 Å². The summed E-state index contributed by atoms with van der Waals surface area (Å²) >= 11 is 0. The molecule has 1 amide bonds. The highest BCUT2D eigenvalue weighted by atomic mass is 16.5. The van der Waals surface area contributed by atoms with E-state index < -0.39 is 0 Å². The lowest BCUT2D eigenvalue weighted by molar-refractivity contribution is -0.123. The molecule has 3 aromatic heterocycles. The predicted octanol–water partition coefficient (Wildman–Crippen LogP) is 3.97. The lowest BCUT2D eigenvalue weighted by Gasteiger charge is -2.22. The summed E-state index contributed by atoms with van der Waals surface area (Å²) < 4.78 is 13.6. The topological polar surface area (TPSA) is 81.7 Å². The van der Waals surface area contributed by atoms with Gasteiger partial charge < -0.3 is 14.5 Å². The minimum atomic E-state index is 0.160. The maximum absolute atomic E-state index is 11.5. The fourth-order valence-electron chi connectivity index (χ4n) is 3.81. The second-order valence-electron chi connectivity index (χ2n) is 7.38. The molecule has 148 valence electrons. The summed E-state index contributed by atoms with van der Waals surface area (Å²) in [5, 5.41) is 8.66. The molecule has 7 nitrogen and oxygen atoms in total. The molecule has 0 spiro atoms. The number of carbonyl (C=O) groups excluding carboxylic acids is 1. The standard InChI is InChI=1S/C22H22N4O3/c27-21-9-3-6-16(24-21)7-4-12-28-22-11-10-20-23-14-17(26(20)25-22)19-13-15-5-1-2-8-18(15)29-19/h1-2,5,8,10-11,13-14,16H,3-4,6-7,9,12H2,(H,24,27). The summed E-state index contributed by atoms with van der Waals surface area (Å²) in [6.07, 6.45) is 6.21. The number of aromatic nitrogens is 3. The van der Waals surface area contributed by atoms with Gasteiger partial charge in [-0.25, -0.2) is 9.50 Å². The Balaban J connectivity index is 1.28. The monoisotopic (exact) mass is 390 g/mol. The third kappa shape index (κ3) is 3.68. The lowest BCUT2D eigenvalue weighted by atomic mass is 10.0. The van der Waals surface area contributed by atoms with Crippen LogP contribution in [-0.2, 0) is 4.79 Å². The number of para-hydroxylation sites is 1. The van der Waals surface area contributed by atoms with Gasteiger partial charge in [0.1, 0.15) is 11.3 Å². The minimum Gasteiger partial charge on any atom is -0.477 e. The van der Waals surface area contributed by atoms with Crippen LogP contribution in [0.2, 0.25) is 0 Å². The Labute approximate surface area is 167 Å². The predicted molar refractivity (Wildman–Crippen MR) is 109 cm³/mol. The van der Waals surface area contributed by atoms with E-state index in [4.69, 9.17) is 9.15 Å². The number of carbonyl (C=O) groups is 1. The summed E-state index contributed by atoms with van der Waals surface area (Å²) in [6, 6.07) is 13.9. The van der Waals surface area contributed by atoms with E-state index in [2.05, 4.69) is 15.4 Å². The third-order valence-electron chi connectivity index (χ3n) is 5.28. The SMILES string of the molecule is O=C1CCCC(CCCOc2ccc3ncc(-c4cc5ccccc5o4)n3n2)N1. The first-order valence-electron chi connectivity index (χ1n) is 10.0. The molecule has 0 aliphatic carbocycles. The number of rotatable bonds is 6. The first-order valence-corrected chi connectivity index (χ1v) is 10.0. The number of nitrogens with one attached hydrogen (secondary N) is 1. The summed E-state index contributed by atoms with van der Waals surface area (Å²) in [6.45, 7) is 0.555. The first-order chi connectivity index (χ1) is 14.3. The molecule has 1 saturated heterocycles. The van der Waals surface area contributed by atoms with Crippen LogP contribution in [0.1, 0.15) is 32.1 Å². The molecule has 0 saturated carbocycles. The van der Waals surface area contributed by atoms with Crippen molar-refractivity contribution < 1.29 is 13.9 Å². The van der Waals surface area contributed by atoms with Crippen molar-refractivity contribution in [1.29, 1.82) is 0 Å². The van der Waals surface area contributed by atoms with Crippen molar-refractivity contribution in [3.8, 4) is 17.3 Å². The Bertz CT molecular complexity index is 1130. The smallest absolute Gasteiger partial charge is 0.231 e. The van der Waals surface area contributed by atoms with Crippen molar-refractivity contribution in [3.63, 3.8) is 0 Å². The van der Waals surface area contributed by atoms with E-state index >= 15 is 0 Å². The van der Waals surface area contributed by atoms with Gasteiger partial charge in [-0.2, -0.15) is 0 Å². The molecule has 1 aliphatic rings. The van der Waals surface area contributed by atoms with Gasteiger partial charge in [0.15, 0.2) is 11.4 Å². The van der Waals surface area contributed by atoms with Gasteiger partial charge in [-0.3, -0.25) is 4.79 Å². The van der Waals surface area contributed by atoms with Gasteiger partial charge in [-0.1, -0.05) is 18.2 Å². The summed E-state index contributed by atoms with van der Waals surface area (Å²) in [4.78, 5) is 15.9. The molecule has 1 aromatic carbocycles. The minimum absolute atomic E-state index is 0.160. The zero-order chi connectivity index (χ0) is 19.6. The van der Waals surface area contributed by atoms with E-state index in [-0.39, 0.29) is 11.9 Å². The van der Waals surface area contributed by atoms with Gasteiger partial charge in [0.2, 0.25) is 11.8 Å². The number of piperidine rings is 1. The molecule has 1 aliphatic heterocycles. The third-order valence-corrected chi connectivity index (χ3v) is 5.28. The number of imidazole rings is 1. The van der Waals surface area contributed by atoms with Crippen molar-refractivity contribution in [1.82, 2.24) is 19.9 Å². The fourth-order valence-corrected chi connectivity index (χ4v) is 3.81. The van der Waals surface area contributed by atoms with E-state index in [1.54, 1.807) is 10.7 Å². The number of ether oxygens (including phenoxy) is 1. The maximum atomic E-state index is 11.5. The van der Waals surface area contributed by atoms with Crippen molar-refractivity contribution in [2.24, 2.45) is 0 Å². The summed E-state index contributed by atoms with van der Waals surface area (Å²) in [5.74, 6) is 1.42. The largest absolute Gasteiger partial charge is 0.477 e. The summed E-state index contributed by atoms with van der Waals surface area (Å²) in [5.41, 5.74) is 2.35. The van der Waals surface area contributed by atoms with Crippen molar-refractivity contribution >= 4 is 22.5 Å². The molecule has 7 heteroatoms. The van der Waals surface area contributed by atoms with Crippen LogP contribution >= 0.6 is 0 Å². The van der Waals surface area contributed by atoms with Gasteiger partial charge in [0.05, 0.1) is 12.8 Å². The zero-order valence-corrected chi connectivity index (χ0v) is 16.0. The Morgan fingerprint density at radius 3 is 3.07 bits per heavy atom. The molecule has 1 N–H and O–H groups in total. The van der Waals surface area contributed by atoms with E-state index in [1.165, 1.54) is 0 Å². The van der Waals surface area contributed by atoms with Crippen LogP contribution in [0, 0.1) is 0 Å². The van der Waals surface area contributed by atoms with Crippen molar-refractivity contribution in [2.75, 3.05) is 6.61 Å². The molecule has 1 fully saturated rings. The molecule has 29 heavy (non-hydrogen) atoms. The number of benzene rings is 1. The zero-order valence-electron chi connectivity index (χ0n) is 16.0. The second-order valence-corrected chi connectivity index (χ2v) is 7.38. The Hall–Kier alpha value is -3.35. The normalized spacial score (nSPS) is 17.0. The number of hydrogen-bond donors (Lipinski definition) is 1. The van der Waals surface area contributed by atoms with Gasteiger partial charge >= 0.3 is 0 Å². The van der Waals surface area contributed by atoms with Gasteiger partial charge in [-0.05, 0) is 43.9 Å². The van der Waals surface area contributed by atoms with Crippen molar-refractivity contribution in [2.45, 2.75) is 38.1 Å². The molecular formula is C22H22N4O3. The van der Waals surface area contributed by atoms with Crippen LogP contribution in [0.5, 0.6) is 5.88 Å².